The minimum atomic E-state index is -3.39. The molecule has 1 N–H and O–H groups in total. The van der Waals surface area contributed by atoms with E-state index in [-0.39, 0.29) is 11.3 Å². The molecule has 6 heteroatoms. The van der Waals surface area contributed by atoms with Crippen molar-refractivity contribution in [1.29, 1.82) is 0 Å². The van der Waals surface area contributed by atoms with E-state index in [1.165, 1.54) is 25.1 Å². The van der Waals surface area contributed by atoms with Gasteiger partial charge in [-0.05, 0) is 6.07 Å². The smallest absolute Gasteiger partial charge is 0.164 e. The zero-order valence-corrected chi connectivity index (χ0v) is 11.6. The maximum atomic E-state index is 13.3. The largest absolute Gasteiger partial charge is 0.386 e. The van der Waals surface area contributed by atoms with Crippen LogP contribution in [0.4, 0.5) is 4.39 Å². The van der Waals surface area contributed by atoms with E-state index in [9.17, 15) is 17.9 Å². The van der Waals surface area contributed by atoms with Gasteiger partial charge in [0.15, 0.2) is 9.84 Å². The summed E-state index contributed by atoms with van der Waals surface area (Å²) in [5.74, 6) is -0.672. The molecule has 3 nitrogen and oxygen atoms in total. The highest BCUT2D eigenvalue weighted by Gasteiger charge is 2.30. The minimum Gasteiger partial charge on any atom is -0.386 e. The topological polar surface area (TPSA) is 54.4 Å². The molecule has 0 heterocycles. The van der Waals surface area contributed by atoms with E-state index in [0.717, 1.165) is 0 Å². The third-order valence-corrected chi connectivity index (χ3v) is 6.97. The number of aliphatic hydroxyl groups excluding tert-OH is 1. The van der Waals surface area contributed by atoms with E-state index in [2.05, 4.69) is 0 Å². The second-order valence-electron chi connectivity index (χ2n) is 3.27. The first-order valence-electron chi connectivity index (χ1n) is 4.68. The molecule has 1 aromatic rings. The third kappa shape index (κ3) is 2.92. The average molecular weight is 358 g/mol. The fourth-order valence-electron chi connectivity index (χ4n) is 1.21. The van der Waals surface area contributed by atoms with Gasteiger partial charge in [-0.25, -0.2) is 12.8 Å². The summed E-state index contributed by atoms with van der Waals surface area (Å²) in [5.41, 5.74) is 0.0129. The maximum absolute atomic E-state index is 13.3. The normalized spacial score (nSPS) is 15.8. The zero-order chi connectivity index (χ0) is 12.3. The summed E-state index contributed by atoms with van der Waals surface area (Å²) in [5, 5.41) is 9.81. The fourth-order valence-corrected chi connectivity index (χ4v) is 3.54. The lowest BCUT2D eigenvalue weighted by Gasteiger charge is -2.17. The summed E-state index contributed by atoms with van der Waals surface area (Å²) in [7, 11) is -3.39. The van der Waals surface area contributed by atoms with E-state index in [4.69, 9.17) is 0 Å². The molecule has 0 saturated carbocycles. The highest BCUT2D eigenvalue weighted by atomic mass is 127. The van der Waals surface area contributed by atoms with Crippen molar-refractivity contribution in [2.45, 2.75) is 16.3 Å². The Morgan fingerprint density at radius 3 is 2.50 bits per heavy atom. The van der Waals surface area contributed by atoms with E-state index in [1.807, 2.05) is 0 Å². The summed E-state index contributed by atoms with van der Waals surface area (Å²) in [6.07, 6.45) is -1.34. The number of alkyl halides is 1. The zero-order valence-electron chi connectivity index (χ0n) is 8.60. The lowest BCUT2D eigenvalue weighted by atomic mass is 10.1. The molecule has 0 amide bonds. The first kappa shape index (κ1) is 13.9. The number of hydrogen-bond donors (Lipinski definition) is 1. The Morgan fingerprint density at radius 2 is 2.00 bits per heavy atom. The second-order valence-corrected chi connectivity index (χ2v) is 7.87. The van der Waals surface area contributed by atoms with Gasteiger partial charge in [0.05, 0.1) is 0 Å². The van der Waals surface area contributed by atoms with Crippen LogP contribution < -0.4 is 0 Å². The average Bonchev–Trinajstić information content (AvgIpc) is 2.27. The van der Waals surface area contributed by atoms with E-state index in [1.54, 1.807) is 28.7 Å². The maximum Gasteiger partial charge on any atom is 0.164 e. The SMILES string of the molecule is CCS(=O)(=O)[C@H](I)[C@@H](O)c1ccccc1F. The first-order chi connectivity index (χ1) is 7.40. The molecule has 0 saturated heterocycles. The molecule has 0 aromatic heterocycles. The predicted molar refractivity (Wildman–Crippen MR) is 68.6 cm³/mol. The molecule has 0 aliphatic carbocycles. The summed E-state index contributed by atoms with van der Waals surface area (Å²) >= 11 is 1.63. The number of halogens is 2. The number of hydrogen-bond acceptors (Lipinski definition) is 3. The quantitative estimate of drug-likeness (QED) is 0.662. The van der Waals surface area contributed by atoms with Crippen LogP contribution in [-0.2, 0) is 9.84 Å². The Kier molecular flexibility index (Phi) is 4.69. The molecule has 16 heavy (non-hydrogen) atoms. The predicted octanol–water partition coefficient (Wildman–Crippen LogP) is 2.05. The van der Waals surface area contributed by atoms with Crippen molar-refractivity contribution in [3.63, 3.8) is 0 Å². The van der Waals surface area contributed by atoms with Crippen molar-refractivity contribution in [3.8, 4) is 0 Å². The van der Waals surface area contributed by atoms with Crippen LogP contribution in [0, 0.1) is 5.82 Å². The fraction of sp³-hybridized carbons (Fsp3) is 0.400. The summed E-state index contributed by atoms with van der Waals surface area (Å²) in [6, 6.07) is 5.63. The summed E-state index contributed by atoms with van der Waals surface area (Å²) in [6.45, 7) is 1.50. The van der Waals surface area contributed by atoms with Crippen molar-refractivity contribution in [3.05, 3.63) is 35.6 Å². The minimum absolute atomic E-state index is 0.0129. The van der Waals surface area contributed by atoms with Crippen LogP contribution in [0.5, 0.6) is 0 Å². The molecule has 0 fully saturated rings. The van der Waals surface area contributed by atoms with Gasteiger partial charge in [0.1, 0.15) is 15.2 Å². The highest BCUT2D eigenvalue weighted by Crippen LogP contribution is 2.29. The molecule has 90 valence electrons. The van der Waals surface area contributed by atoms with Crippen molar-refractivity contribution in [2.75, 3.05) is 5.75 Å². The van der Waals surface area contributed by atoms with Crippen LogP contribution in [0.25, 0.3) is 0 Å². The van der Waals surface area contributed by atoms with Gasteiger partial charge in [0, 0.05) is 11.3 Å². The summed E-state index contributed by atoms with van der Waals surface area (Å²) in [4.78, 5) is 0. The van der Waals surface area contributed by atoms with Gasteiger partial charge in [0.25, 0.3) is 0 Å². The van der Waals surface area contributed by atoms with Crippen LogP contribution in [0.3, 0.4) is 0 Å². The van der Waals surface area contributed by atoms with Crippen molar-refractivity contribution in [1.82, 2.24) is 0 Å². The van der Waals surface area contributed by atoms with E-state index < -0.39 is 25.0 Å². The Balaban J connectivity index is 3.04. The Hall–Kier alpha value is -0.210. The molecule has 1 rings (SSSR count). The van der Waals surface area contributed by atoms with E-state index in [0.29, 0.717) is 0 Å². The van der Waals surface area contributed by atoms with Crippen LogP contribution in [0.2, 0.25) is 0 Å². The molecule has 0 radical (unpaired) electrons. The number of aliphatic hydroxyl groups is 1. The van der Waals surface area contributed by atoms with E-state index >= 15 is 0 Å². The van der Waals surface area contributed by atoms with Crippen LogP contribution in [0.1, 0.15) is 18.6 Å². The highest BCUT2D eigenvalue weighted by molar-refractivity contribution is 14.1. The molecule has 2 atom stereocenters. The standard InChI is InChI=1S/C10H12FIO3S/c1-2-16(14,15)10(12)9(13)7-5-3-4-6-8(7)11/h3-6,9-10,13H,2H2,1H3/t9-,10-/m0/s1. The first-order valence-corrected chi connectivity index (χ1v) is 7.64. The van der Waals surface area contributed by atoms with Gasteiger partial charge in [-0.1, -0.05) is 47.7 Å². The molecule has 0 bridgehead atoms. The molecular formula is C10H12FIO3S. The molecule has 0 aliphatic rings. The Labute approximate surface area is 108 Å². The molecule has 0 spiro atoms. The molecule has 0 aliphatic heterocycles. The number of benzene rings is 1. The second kappa shape index (κ2) is 5.42. The molecule has 1 aromatic carbocycles. The van der Waals surface area contributed by atoms with Gasteiger partial charge in [-0.15, -0.1) is 0 Å². The third-order valence-electron chi connectivity index (χ3n) is 2.22. The molecular weight excluding hydrogens is 346 g/mol. The van der Waals surface area contributed by atoms with Crippen molar-refractivity contribution in [2.24, 2.45) is 0 Å². The van der Waals surface area contributed by atoms with Gasteiger partial charge >= 0.3 is 0 Å². The van der Waals surface area contributed by atoms with Gasteiger partial charge in [-0.3, -0.25) is 0 Å². The van der Waals surface area contributed by atoms with Crippen molar-refractivity contribution < 1.29 is 17.9 Å². The lowest BCUT2D eigenvalue weighted by molar-refractivity contribution is 0.192. The lowest BCUT2D eigenvalue weighted by Crippen LogP contribution is -2.24. The van der Waals surface area contributed by atoms with Gasteiger partial charge in [0.2, 0.25) is 0 Å². The van der Waals surface area contributed by atoms with Crippen LogP contribution in [-0.4, -0.2) is 22.5 Å². The monoisotopic (exact) mass is 358 g/mol. The van der Waals surface area contributed by atoms with Crippen molar-refractivity contribution >= 4 is 32.4 Å². The Morgan fingerprint density at radius 1 is 1.44 bits per heavy atom. The molecule has 0 unspecified atom stereocenters. The van der Waals surface area contributed by atoms with Gasteiger partial charge in [-0.2, -0.15) is 0 Å². The van der Waals surface area contributed by atoms with Crippen LogP contribution >= 0.6 is 22.6 Å². The van der Waals surface area contributed by atoms with Gasteiger partial charge < -0.3 is 5.11 Å². The number of rotatable bonds is 4. The summed E-state index contributed by atoms with van der Waals surface area (Å²) < 4.78 is 35.4. The number of sulfone groups is 1. The van der Waals surface area contributed by atoms with Crippen LogP contribution in [0.15, 0.2) is 24.3 Å². The Bertz CT molecular complexity index is 461.